The lowest BCUT2D eigenvalue weighted by Gasteiger charge is -2.28. The molecule has 3 aromatic rings. The lowest BCUT2D eigenvalue weighted by Crippen LogP contribution is -2.36. The minimum Gasteiger partial charge on any atom is -0.374 e. The zero-order valence-corrected chi connectivity index (χ0v) is 19.9. The minimum atomic E-state index is -0.285. The fourth-order valence-electron chi connectivity index (χ4n) is 4.24. The summed E-state index contributed by atoms with van der Waals surface area (Å²) in [6.07, 6.45) is 6.04. The van der Waals surface area contributed by atoms with Gasteiger partial charge in [0.25, 0.3) is 0 Å². The molecule has 4 rings (SSSR count). The van der Waals surface area contributed by atoms with Crippen LogP contribution in [-0.2, 0) is 27.2 Å². The third kappa shape index (κ3) is 6.31. The van der Waals surface area contributed by atoms with Crippen LogP contribution in [0.4, 0.5) is 0 Å². The van der Waals surface area contributed by atoms with Crippen LogP contribution in [0.2, 0.25) is 5.15 Å². The Hall–Kier alpha value is -2.03. The van der Waals surface area contributed by atoms with Gasteiger partial charge in [0.15, 0.2) is 6.29 Å². The lowest BCUT2D eigenvalue weighted by molar-refractivity contribution is -0.182. The number of nitrogens with two attached hydrogens (primary N) is 1. The van der Waals surface area contributed by atoms with Gasteiger partial charge in [-0.1, -0.05) is 41.9 Å². The summed E-state index contributed by atoms with van der Waals surface area (Å²) in [6, 6.07) is 11.6. The van der Waals surface area contributed by atoms with Gasteiger partial charge < -0.3 is 19.9 Å². The molecule has 2 aromatic heterocycles. The van der Waals surface area contributed by atoms with Crippen molar-refractivity contribution in [2.24, 2.45) is 5.73 Å². The number of hydrogen-bond donors (Lipinski definition) is 1. The van der Waals surface area contributed by atoms with Gasteiger partial charge in [0.05, 0.1) is 30.1 Å². The van der Waals surface area contributed by atoms with Gasteiger partial charge in [-0.25, -0.2) is 4.98 Å². The Balaban J connectivity index is 1.38. The Labute approximate surface area is 200 Å². The topological polar surface area (TPSA) is 84.4 Å². The van der Waals surface area contributed by atoms with E-state index in [2.05, 4.69) is 17.0 Å². The van der Waals surface area contributed by atoms with Crippen LogP contribution in [0.5, 0.6) is 0 Å². The Morgan fingerprint density at radius 2 is 2.12 bits per heavy atom. The number of ether oxygens (including phenoxy) is 3. The van der Waals surface area contributed by atoms with Crippen LogP contribution in [-0.4, -0.2) is 47.0 Å². The van der Waals surface area contributed by atoms with Crippen LogP contribution in [0.15, 0.2) is 42.6 Å². The number of halogens is 1. The molecule has 3 heterocycles. The van der Waals surface area contributed by atoms with Gasteiger partial charge in [0, 0.05) is 25.1 Å². The zero-order valence-electron chi connectivity index (χ0n) is 19.2. The highest BCUT2D eigenvalue weighted by atomic mass is 35.5. The predicted octanol–water partition coefficient (Wildman–Crippen LogP) is 4.67. The molecular weight excluding hydrogens is 440 g/mol. The number of benzene rings is 1. The quantitative estimate of drug-likeness (QED) is 0.322. The van der Waals surface area contributed by atoms with Crippen LogP contribution < -0.4 is 5.73 Å². The molecule has 33 heavy (non-hydrogen) atoms. The summed E-state index contributed by atoms with van der Waals surface area (Å²) in [5.74, 6) is 0. The smallest absolute Gasteiger partial charge is 0.157 e. The highest BCUT2D eigenvalue weighted by Gasteiger charge is 2.24. The van der Waals surface area contributed by atoms with Crippen LogP contribution in [0, 0.1) is 0 Å². The standard InChI is InChI=1S/C25H33ClN4O3/c1-2-30-25-19(16-28-30)15-22(26)29-20(25)11-8-14-31-21(17-33-23-12-6-7-13-32-23)24(27)18-9-4-3-5-10-18/h3-5,9-10,15-16,21,23-24H,2,6-8,11-14,17,27H2,1H3. The molecule has 0 amide bonds. The van der Waals surface area contributed by atoms with Crippen molar-refractivity contribution >= 4 is 22.5 Å². The molecule has 1 aromatic carbocycles. The van der Waals surface area contributed by atoms with Crippen LogP contribution in [0.1, 0.15) is 49.9 Å². The maximum absolute atomic E-state index is 6.58. The first-order chi connectivity index (χ1) is 16.2. The molecule has 7 nitrogen and oxygen atoms in total. The largest absolute Gasteiger partial charge is 0.374 e. The van der Waals surface area contributed by atoms with E-state index in [4.69, 9.17) is 31.5 Å². The Morgan fingerprint density at radius 3 is 2.88 bits per heavy atom. The highest BCUT2D eigenvalue weighted by molar-refractivity contribution is 6.30. The van der Waals surface area contributed by atoms with E-state index in [9.17, 15) is 0 Å². The molecule has 3 atom stereocenters. The van der Waals surface area contributed by atoms with Crippen molar-refractivity contribution in [1.29, 1.82) is 0 Å². The van der Waals surface area contributed by atoms with Gasteiger partial charge in [-0.15, -0.1) is 0 Å². The van der Waals surface area contributed by atoms with Crippen molar-refractivity contribution < 1.29 is 14.2 Å². The average molecular weight is 473 g/mol. The van der Waals surface area contributed by atoms with Crippen LogP contribution >= 0.6 is 11.6 Å². The first kappa shape index (κ1) is 24.1. The molecule has 0 aliphatic carbocycles. The highest BCUT2D eigenvalue weighted by Crippen LogP contribution is 2.23. The first-order valence-corrected chi connectivity index (χ1v) is 12.2. The maximum atomic E-state index is 6.58. The Kier molecular flexibility index (Phi) is 8.69. The summed E-state index contributed by atoms with van der Waals surface area (Å²) in [5.41, 5.74) is 9.59. The number of fused-ring (bicyclic) bond motifs is 1. The number of rotatable bonds is 11. The molecule has 3 unspecified atom stereocenters. The van der Waals surface area contributed by atoms with Crippen LogP contribution in [0.25, 0.3) is 10.9 Å². The predicted molar refractivity (Wildman–Crippen MR) is 129 cm³/mol. The monoisotopic (exact) mass is 472 g/mol. The number of aromatic nitrogens is 3. The minimum absolute atomic E-state index is 0.175. The average Bonchev–Trinajstić information content (AvgIpc) is 3.27. The summed E-state index contributed by atoms with van der Waals surface area (Å²) in [7, 11) is 0. The van der Waals surface area contributed by atoms with E-state index >= 15 is 0 Å². The molecular formula is C25H33ClN4O3. The maximum Gasteiger partial charge on any atom is 0.157 e. The summed E-state index contributed by atoms with van der Waals surface area (Å²) in [6.45, 7) is 4.53. The zero-order chi connectivity index (χ0) is 23.0. The molecule has 1 aliphatic rings. The molecule has 1 saturated heterocycles. The van der Waals surface area contributed by atoms with E-state index in [1.54, 1.807) is 0 Å². The van der Waals surface area contributed by atoms with Gasteiger partial charge in [-0.2, -0.15) is 5.10 Å². The van der Waals surface area contributed by atoms with Crippen molar-refractivity contribution in [2.75, 3.05) is 19.8 Å². The van der Waals surface area contributed by atoms with E-state index in [-0.39, 0.29) is 18.4 Å². The molecule has 1 fully saturated rings. The van der Waals surface area contributed by atoms with Crippen molar-refractivity contribution in [2.45, 2.75) is 64.0 Å². The SMILES string of the molecule is CCn1ncc2cc(Cl)nc(CCCOC(COC3CCCCO3)C(N)c3ccccc3)c21. The first-order valence-electron chi connectivity index (χ1n) is 11.8. The molecule has 0 saturated carbocycles. The summed E-state index contributed by atoms with van der Waals surface area (Å²) < 4.78 is 20.0. The van der Waals surface area contributed by atoms with E-state index in [1.165, 1.54) is 0 Å². The van der Waals surface area contributed by atoms with E-state index < -0.39 is 0 Å². The number of pyridine rings is 1. The summed E-state index contributed by atoms with van der Waals surface area (Å²) >= 11 is 6.24. The third-order valence-electron chi connectivity index (χ3n) is 6.02. The molecule has 8 heteroatoms. The second kappa shape index (κ2) is 11.9. The second-order valence-corrected chi connectivity index (χ2v) is 8.76. The van der Waals surface area contributed by atoms with Crippen molar-refractivity contribution in [3.63, 3.8) is 0 Å². The van der Waals surface area contributed by atoms with Gasteiger partial charge in [-0.05, 0) is 50.7 Å². The molecule has 2 N–H and O–H groups in total. The third-order valence-corrected chi connectivity index (χ3v) is 6.21. The van der Waals surface area contributed by atoms with Gasteiger partial charge in [-0.3, -0.25) is 4.68 Å². The summed E-state index contributed by atoms with van der Waals surface area (Å²) in [5, 5.41) is 5.94. The molecule has 1 aliphatic heterocycles. The van der Waals surface area contributed by atoms with Gasteiger partial charge in [0.2, 0.25) is 0 Å². The van der Waals surface area contributed by atoms with Crippen molar-refractivity contribution in [3.05, 3.63) is 59.0 Å². The van der Waals surface area contributed by atoms with Crippen molar-refractivity contribution in [1.82, 2.24) is 14.8 Å². The van der Waals surface area contributed by atoms with Crippen LogP contribution in [0.3, 0.4) is 0 Å². The fourth-order valence-corrected chi connectivity index (χ4v) is 4.46. The van der Waals surface area contributed by atoms with Crippen molar-refractivity contribution in [3.8, 4) is 0 Å². The van der Waals surface area contributed by atoms with E-state index in [0.29, 0.717) is 18.4 Å². The fraction of sp³-hybridized carbons (Fsp3) is 0.520. The lowest BCUT2D eigenvalue weighted by atomic mass is 10.0. The number of hydrogen-bond acceptors (Lipinski definition) is 6. The molecule has 0 radical (unpaired) electrons. The molecule has 178 valence electrons. The molecule has 0 spiro atoms. The number of nitrogens with zero attached hydrogens (tertiary/aromatic N) is 3. The van der Waals surface area contributed by atoms with E-state index in [0.717, 1.165) is 67.4 Å². The van der Waals surface area contributed by atoms with Gasteiger partial charge in [0.1, 0.15) is 11.3 Å². The van der Waals surface area contributed by atoms with E-state index in [1.807, 2.05) is 47.3 Å². The number of aryl methyl sites for hydroxylation is 2. The van der Waals surface area contributed by atoms with Gasteiger partial charge >= 0.3 is 0 Å². The Bertz CT molecular complexity index is 1010. The molecule has 0 bridgehead atoms. The summed E-state index contributed by atoms with van der Waals surface area (Å²) in [4.78, 5) is 4.56. The second-order valence-electron chi connectivity index (χ2n) is 8.37. The normalized spacial score (nSPS) is 18.5. The Morgan fingerprint density at radius 1 is 1.27 bits per heavy atom.